The van der Waals surface area contributed by atoms with Crippen LogP contribution in [-0.4, -0.2) is 55.3 Å². The number of hydrogen-bond donors (Lipinski definition) is 1. The summed E-state index contributed by atoms with van der Waals surface area (Å²) < 4.78 is 10.2. The van der Waals surface area contributed by atoms with Gasteiger partial charge < -0.3 is 19.7 Å². The van der Waals surface area contributed by atoms with E-state index in [1.54, 1.807) is 20.3 Å². The van der Waals surface area contributed by atoms with Crippen molar-refractivity contribution in [2.24, 2.45) is 0 Å². The molecule has 1 aromatic heterocycles. The Morgan fingerprint density at radius 2 is 1.80 bits per heavy atom. The summed E-state index contributed by atoms with van der Waals surface area (Å²) in [5, 5.41) is 3.22. The molecule has 1 aliphatic rings. The van der Waals surface area contributed by atoms with Gasteiger partial charge in [0.1, 0.15) is 0 Å². The molecule has 0 bridgehead atoms. The Kier molecular flexibility index (Phi) is 5.40. The highest BCUT2D eigenvalue weighted by Crippen LogP contribution is 2.22. The topological polar surface area (TPSA) is 59.5 Å². The lowest BCUT2D eigenvalue weighted by atomic mass is 10.2. The van der Waals surface area contributed by atoms with E-state index in [0.717, 1.165) is 19.1 Å². The van der Waals surface area contributed by atoms with Crippen molar-refractivity contribution in [3.05, 3.63) is 6.07 Å². The number of ether oxygens (including phenoxy) is 2. The van der Waals surface area contributed by atoms with Crippen LogP contribution in [0.5, 0.6) is 11.8 Å². The van der Waals surface area contributed by atoms with Gasteiger partial charge in [0.15, 0.2) is 0 Å². The Hall–Kier alpha value is -1.56. The molecule has 2 rings (SSSR count). The van der Waals surface area contributed by atoms with Crippen LogP contribution in [0.3, 0.4) is 0 Å². The van der Waals surface area contributed by atoms with E-state index >= 15 is 0 Å². The third kappa shape index (κ3) is 3.96. The van der Waals surface area contributed by atoms with Crippen molar-refractivity contribution >= 4 is 5.95 Å². The van der Waals surface area contributed by atoms with Gasteiger partial charge >= 0.3 is 0 Å². The summed E-state index contributed by atoms with van der Waals surface area (Å²) in [4.78, 5) is 10.9. The zero-order valence-corrected chi connectivity index (χ0v) is 12.6. The van der Waals surface area contributed by atoms with Gasteiger partial charge in [-0.3, -0.25) is 0 Å². The molecule has 1 saturated carbocycles. The average molecular weight is 280 g/mol. The van der Waals surface area contributed by atoms with Crippen molar-refractivity contribution in [3.8, 4) is 11.8 Å². The van der Waals surface area contributed by atoms with Crippen molar-refractivity contribution in [2.45, 2.75) is 31.7 Å². The Balaban J connectivity index is 1.83. The fraction of sp³-hybridized carbons (Fsp3) is 0.714. The third-order valence-electron chi connectivity index (χ3n) is 3.79. The second kappa shape index (κ2) is 7.28. The van der Waals surface area contributed by atoms with Crippen molar-refractivity contribution in [2.75, 3.05) is 39.7 Å². The Morgan fingerprint density at radius 3 is 2.35 bits per heavy atom. The van der Waals surface area contributed by atoms with Gasteiger partial charge in [-0.2, -0.15) is 9.97 Å². The minimum absolute atomic E-state index is 0.503. The lowest BCUT2D eigenvalue weighted by molar-refractivity contribution is 0.254. The molecule has 0 spiro atoms. The van der Waals surface area contributed by atoms with Crippen molar-refractivity contribution in [3.63, 3.8) is 0 Å². The summed E-state index contributed by atoms with van der Waals surface area (Å²) in [6, 6.07) is 2.40. The molecule has 1 heterocycles. The highest BCUT2D eigenvalue weighted by atomic mass is 16.5. The first-order valence-corrected chi connectivity index (χ1v) is 7.14. The molecule has 1 fully saturated rings. The van der Waals surface area contributed by atoms with Gasteiger partial charge in [-0.05, 0) is 19.9 Å². The standard InChI is InChI=1S/C14H24N4O2/c1-18(11-6-4-5-7-11)9-8-15-14-16-12(19-2)10-13(17-14)20-3/h10-11H,4-9H2,1-3H3,(H,15,16,17). The predicted molar refractivity (Wildman–Crippen MR) is 78.5 cm³/mol. The minimum atomic E-state index is 0.503. The van der Waals surface area contributed by atoms with E-state index in [4.69, 9.17) is 9.47 Å². The molecule has 0 aliphatic heterocycles. The average Bonchev–Trinajstić information content (AvgIpc) is 3.01. The van der Waals surface area contributed by atoms with E-state index in [2.05, 4.69) is 27.2 Å². The normalized spacial score (nSPS) is 15.6. The van der Waals surface area contributed by atoms with Crippen molar-refractivity contribution < 1.29 is 9.47 Å². The molecule has 0 aromatic carbocycles. The molecule has 6 heteroatoms. The summed E-state index contributed by atoms with van der Waals surface area (Å²) >= 11 is 0. The molecule has 0 atom stereocenters. The van der Waals surface area contributed by atoms with E-state index in [1.165, 1.54) is 25.7 Å². The Labute approximate surface area is 120 Å². The molecule has 0 radical (unpaired) electrons. The van der Waals surface area contributed by atoms with E-state index < -0.39 is 0 Å². The van der Waals surface area contributed by atoms with Crippen LogP contribution in [0.4, 0.5) is 5.95 Å². The van der Waals surface area contributed by atoms with Gasteiger partial charge in [-0.1, -0.05) is 12.8 Å². The molecule has 1 N–H and O–H groups in total. The number of nitrogens with zero attached hydrogens (tertiary/aromatic N) is 3. The van der Waals surface area contributed by atoms with E-state index in [1.807, 2.05) is 0 Å². The number of rotatable bonds is 7. The molecule has 0 saturated heterocycles. The van der Waals surface area contributed by atoms with Crippen LogP contribution in [0.25, 0.3) is 0 Å². The Bertz CT molecular complexity index is 399. The summed E-state index contributed by atoms with van der Waals surface area (Å²) in [5.74, 6) is 1.55. The smallest absolute Gasteiger partial charge is 0.229 e. The number of hydrogen-bond acceptors (Lipinski definition) is 6. The van der Waals surface area contributed by atoms with Crippen LogP contribution in [0.15, 0.2) is 6.07 Å². The van der Waals surface area contributed by atoms with Gasteiger partial charge in [0.2, 0.25) is 17.7 Å². The zero-order chi connectivity index (χ0) is 14.4. The maximum Gasteiger partial charge on any atom is 0.229 e. The second-order valence-corrected chi connectivity index (χ2v) is 5.12. The first-order valence-electron chi connectivity index (χ1n) is 7.14. The van der Waals surface area contributed by atoms with E-state index in [-0.39, 0.29) is 0 Å². The molecule has 1 aromatic rings. The zero-order valence-electron chi connectivity index (χ0n) is 12.6. The summed E-state index contributed by atoms with van der Waals surface area (Å²) in [6.07, 6.45) is 5.36. The highest BCUT2D eigenvalue weighted by molar-refractivity contribution is 5.33. The number of methoxy groups -OCH3 is 2. The molecular weight excluding hydrogens is 256 g/mol. The van der Waals surface area contributed by atoms with Crippen molar-refractivity contribution in [1.82, 2.24) is 14.9 Å². The van der Waals surface area contributed by atoms with Gasteiger partial charge in [0, 0.05) is 19.1 Å². The van der Waals surface area contributed by atoms with Crippen LogP contribution in [0.2, 0.25) is 0 Å². The quantitative estimate of drug-likeness (QED) is 0.821. The molecule has 0 unspecified atom stereocenters. The van der Waals surface area contributed by atoms with Crippen LogP contribution in [0, 0.1) is 0 Å². The first-order chi connectivity index (χ1) is 9.72. The van der Waals surface area contributed by atoms with E-state index in [0.29, 0.717) is 17.7 Å². The fourth-order valence-electron chi connectivity index (χ4n) is 2.56. The van der Waals surface area contributed by atoms with Gasteiger partial charge in [0.25, 0.3) is 0 Å². The van der Waals surface area contributed by atoms with Gasteiger partial charge in [-0.15, -0.1) is 0 Å². The van der Waals surface area contributed by atoms with E-state index in [9.17, 15) is 0 Å². The molecule has 1 aliphatic carbocycles. The van der Waals surface area contributed by atoms with Gasteiger partial charge in [0.05, 0.1) is 20.3 Å². The van der Waals surface area contributed by atoms with Crippen LogP contribution >= 0.6 is 0 Å². The van der Waals surface area contributed by atoms with Crippen LogP contribution < -0.4 is 14.8 Å². The molecular formula is C14H24N4O2. The predicted octanol–water partition coefficient (Wildman–Crippen LogP) is 1.78. The lowest BCUT2D eigenvalue weighted by Gasteiger charge is -2.23. The molecule has 6 nitrogen and oxygen atoms in total. The van der Waals surface area contributed by atoms with Crippen LogP contribution in [-0.2, 0) is 0 Å². The largest absolute Gasteiger partial charge is 0.481 e. The summed E-state index contributed by atoms with van der Waals surface area (Å²) in [6.45, 7) is 1.79. The monoisotopic (exact) mass is 280 g/mol. The number of aromatic nitrogens is 2. The fourth-order valence-corrected chi connectivity index (χ4v) is 2.56. The van der Waals surface area contributed by atoms with Gasteiger partial charge in [-0.25, -0.2) is 0 Å². The Morgan fingerprint density at radius 1 is 1.20 bits per heavy atom. The van der Waals surface area contributed by atoms with Crippen molar-refractivity contribution in [1.29, 1.82) is 0 Å². The number of nitrogens with one attached hydrogen (secondary N) is 1. The maximum absolute atomic E-state index is 5.12. The number of anilines is 1. The summed E-state index contributed by atoms with van der Waals surface area (Å²) in [7, 11) is 5.35. The second-order valence-electron chi connectivity index (χ2n) is 5.12. The maximum atomic E-state index is 5.12. The molecule has 20 heavy (non-hydrogen) atoms. The first kappa shape index (κ1) is 14.8. The lowest BCUT2D eigenvalue weighted by Crippen LogP contribution is -2.33. The highest BCUT2D eigenvalue weighted by Gasteiger charge is 2.18. The third-order valence-corrected chi connectivity index (χ3v) is 3.79. The number of likely N-dealkylation sites (N-methyl/N-ethyl adjacent to an activating group) is 1. The summed E-state index contributed by atoms with van der Waals surface area (Å²) in [5.41, 5.74) is 0. The minimum Gasteiger partial charge on any atom is -0.481 e. The molecule has 0 amide bonds. The molecule has 112 valence electrons. The van der Waals surface area contributed by atoms with Crippen LogP contribution in [0.1, 0.15) is 25.7 Å². The SMILES string of the molecule is COc1cc(OC)nc(NCCN(C)C2CCCC2)n1.